The van der Waals surface area contributed by atoms with Crippen LogP contribution in [0.2, 0.25) is 5.02 Å². The molecule has 29 heavy (non-hydrogen) atoms. The van der Waals surface area contributed by atoms with Gasteiger partial charge in [-0.2, -0.15) is 0 Å². The Labute approximate surface area is 175 Å². The number of benzene rings is 1. The van der Waals surface area contributed by atoms with Crippen molar-refractivity contribution in [1.29, 1.82) is 0 Å². The van der Waals surface area contributed by atoms with Crippen molar-refractivity contribution in [2.75, 3.05) is 32.1 Å². The Hall–Kier alpha value is -2.64. The van der Waals surface area contributed by atoms with E-state index in [0.29, 0.717) is 28.9 Å². The van der Waals surface area contributed by atoms with Crippen LogP contribution in [0.25, 0.3) is 0 Å². The molecule has 0 unspecified atom stereocenters. The monoisotopic (exact) mass is 416 g/mol. The van der Waals surface area contributed by atoms with Crippen LogP contribution in [0.15, 0.2) is 42.7 Å². The molecule has 1 aromatic heterocycles. The van der Waals surface area contributed by atoms with Gasteiger partial charge in [-0.1, -0.05) is 17.7 Å². The van der Waals surface area contributed by atoms with E-state index in [9.17, 15) is 9.59 Å². The van der Waals surface area contributed by atoms with Crippen molar-refractivity contribution in [3.63, 3.8) is 0 Å². The van der Waals surface area contributed by atoms with Crippen LogP contribution in [0.5, 0.6) is 5.75 Å². The minimum Gasteiger partial charge on any atom is -0.495 e. The van der Waals surface area contributed by atoms with E-state index in [1.807, 2.05) is 12.3 Å². The van der Waals surface area contributed by atoms with Crippen molar-refractivity contribution < 1.29 is 14.3 Å². The molecule has 0 atom stereocenters. The predicted octanol–water partition coefficient (Wildman–Crippen LogP) is 2.71. The smallest absolute Gasteiger partial charge is 0.313 e. The number of amides is 2. The second-order valence-electron chi connectivity index (χ2n) is 7.09. The third kappa shape index (κ3) is 6.17. The third-order valence-electron chi connectivity index (χ3n) is 5.00. The fourth-order valence-corrected chi connectivity index (χ4v) is 3.54. The topological polar surface area (TPSA) is 83.6 Å². The minimum atomic E-state index is -0.736. The number of halogens is 1. The van der Waals surface area contributed by atoms with E-state index >= 15 is 0 Å². The van der Waals surface area contributed by atoms with Crippen molar-refractivity contribution in [1.82, 2.24) is 15.2 Å². The number of nitrogens with zero attached hydrogens (tertiary/aromatic N) is 2. The Morgan fingerprint density at radius 1 is 1.24 bits per heavy atom. The number of methoxy groups -OCH3 is 1. The summed E-state index contributed by atoms with van der Waals surface area (Å²) in [5.74, 6) is -0.599. The van der Waals surface area contributed by atoms with E-state index in [2.05, 4.69) is 26.6 Å². The highest BCUT2D eigenvalue weighted by molar-refractivity contribution is 6.40. The van der Waals surface area contributed by atoms with Gasteiger partial charge in [0.1, 0.15) is 5.75 Å². The molecule has 0 aliphatic carbocycles. The Kier molecular flexibility index (Phi) is 7.43. The lowest BCUT2D eigenvalue weighted by molar-refractivity contribution is -0.136. The van der Waals surface area contributed by atoms with Gasteiger partial charge in [0.15, 0.2) is 0 Å². The summed E-state index contributed by atoms with van der Waals surface area (Å²) in [5.41, 5.74) is 1.57. The van der Waals surface area contributed by atoms with Gasteiger partial charge in [-0.3, -0.25) is 19.5 Å². The van der Waals surface area contributed by atoms with Crippen molar-refractivity contribution in [3.05, 3.63) is 53.3 Å². The molecule has 1 aromatic carbocycles. The number of pyridine rings is 1. The molecule has 1 fully saturated rings. The SMILES string of the molecule is COc1ccc(Cl)cc1NC(=O)C(=O)NCC1CCN(Cc2cccnc2)CC1. The maximum absolute atomic E-state index is 12.2. The molecule has 0 bridgehead atoms. The van der Waals surface area contributed by atoms with E-state index in [4.69, 9.17) is 16.3 Å². The quantitative estimate of drug-likeness (QED) is 0.707. The number of anilines is 1. The highest BCUT2D eigenvalue weighted by atomic mass is 35.5. The van der Waals surface area contributed by atoms with Gasteiger partial charge in [-0.05, 0) is 61.7 Å². The summed E-state index contributed by atoms with van der Waals surface area (Å²) in [7, 11) is 1.49. The zero-order valence-electron chi connectivity index (χ0n) is 16.4. The fourth-order valence-electron chi connectivity index (χ4n) is 3.37. The van der Waals surface area contributed by atoms with Gasteiger partial charge < -0.3 is 15.4 Å². The number of likely N-dealkylation sites (tertiary alicyclic amines) is 1. The molecule has 7 nitrogen and oxygen atoms in total. The normalized spacial score (nSPS) is 15.0. The predicted molar refractivity (Wildman–Crippen MR) is 112 cm³/mol. The van der Waals surface area contributed by atoms with Gasteiger partial charge in [-0.15, -0.1) is 0 Å². The standard InChI is InChI=1S/C21H25ClN4O3/c1-29-19-5-4-17(22)11-18(19)25-21(28)20(27)24-13-15-6-9-26(10-7-15)14-16-3-2-8-23-12-16/h2-5,8,11-12,15H,6-7,9-10,13-14H2,1H3,(H,24,27)(H,25,28). The minimum absolute atomic E-state index is 0.359. The summed E-state index contributed by atoms with van der Waals surface area (Å²) in [6.07, 6.45) is 5.62. The molecule has 2 aromatic rings. The Bertz CT molecular complexity index is 839. The van der Waals surface area contributed by atoms with Gasteiger partial charge in [-0.25, -0.2) is 0 Å². The van der Waals surface area contributed by atoms with Crippen LogP contribution in [-0.4, -0.2) is 48.4 Å². The lowest BCUT2D eigenvalue weighted by Crippen LogP contribution is -2.41. The second kappa shape index (κ2) is 10.2. The van der Waals surface area contributed by atoms with Gasteiger partial charge in [0.2, 0.25) is 0 Å². The summed E-state index contributed by atoms with van der Waals surface area (Å²) in [4.78, 5) is 30.9. The number of hydrogen-bond donors (Lipinski definition) is 2. The maximum atomic E-state index is 12.2. The Morgan fingerprint density at radius 3 is 2.72 bits per heavy atom. The first-order valence-corrected chi connectivity index (χ1v) is 9.97. The average Bonchev–Trinajstić information content (AvgIpc) is 2.74. The molecular formula is C21H25ClN4O3. The number of hydrogen-bond acceptors (Lipinski definition) is 5. The van der Waals surface area contributed by atoms with E-state index in [0.717, 1.165) is 32.5 Å². The van der Waals surface area contributed by atoms with E-state index in [1.165, 1.54) is 12.7 Å². The van der Waals surface area contributed by atoms with Gasteiger partial charge in [0.05, 0.1) is 12.8 Å². The molecule has 0 spiro atoms. The second-order valence-corrected chi connectivity index (χ2v) is 7.53. The fraction of sp³-hybridized carbons (Fsp3) is 0.381. The molecule has 2 heterocycles. The first-order chi connectivity index (χ1) is 14.0. The molecule has 1 saturated heterocycles. The van der Waals surface area contributed by atoms with Gasteiger partial charge >= 0.3 is 11.8 Å². The van der Waals surface area contributed by atoms with Gasteiger partial charge in [0, 0.05) is 30.5 Å². The molecule has 2 amide bonds. The molecule has 0 saturated carbocycles. The number of rotatable bonds is 6. The van der Waals surface area contributed by atoms with E-state index < -0.39 is 11.8 Å². The number of carbonyl (C=O) groups is 2. The highest BCUT2D eigenvalue weighted by Crippen LogP contribution is 2.27. The van der Waals surface area contributed by atoms with Crippen LogP contribution in [0.3, 0.4) is 0 Å². The van der Waals surface area contributed by atoms with Crippen LogP contribution in [0.4, 0.5) is 5.69 Å². The number of carbonyl (C=O) groups excluding carboxylic acids is 2. The largest absolute Gasteiger partial charge is 0.495 e. The summed E-state index contributed by atoms with van der Waals surface area (Å²) in [6.45, 7) is 3.29. The first-order valence-electron chi connectivity index (χ1n) is 9.59. The summed E-state index contributed by atoms with van der Waals surface area (Å²) in [5, 5.41) is 5.73. The first kappa shape index (κ1) is 21.1. The van der Waals surface area contributed by atoms with Crippen LogP contribution < -0.4 is 15.4 Å². The molecule has 0 radical (unpaired) electrons. The summed E-state index contributed by atoms with van der Waals surface area (Å²) < 4.78 is 5.18. The third-order valence-corrected chi connectivity index (χ3v) is 5.24. The zero-order chi connectivity index (χ0) is 20.6. The van der Waals surface area contributed by atoms with Crippen molar-refractivity contribution in [2.45, 2.75) is 19.4 Å². The zero-order valence-corrected chi connectivity index (χ0v) is 17.1. The van der Waals surface area contributed by atoms with Crippen LogP contribution >= 0.6 is 11.6 Å². The molecule has 2 N–H and O–H groups in total. The average molecular weight is 417 g/mol. The van der Waals surface area contributed by atoms with Crippen LogP contribution in [0, 0.1) is 5.92 Å². The van der Waals surface area contributed by atoms with Crippen LogP contribution in [0.1, 0.15) is 18.4 Å². The van der Waals surface area contributed by atoms with Gasteiger partial charge in [0.25, 0.3) is 0 Å². The highest BCUT2D eigenvalue weighted by Gasteiger charge is 2.22. The maximum Gasteiger partial charge on any atom is 0.313 e. The van der Waals surface area contributed by atoms with Crippen molar-refractivity contribution >= 4 is 29.1 Å². The summed E-state index contributed by atoms with van der Waals surface area (Å²) in [6, 6.07) is 8.85. The van der Waals surface area contributed by atoms with E-state index in [-0.39, 0.29) is 0 Å². The molecule has 8 heteroatoms. The number of nitrogens with one attached hydrogen (secondary N) is 2. The molecular weight excluding hydrogens is 392 g/mol. The Morgan fingerprint density at radius 2 is 2.03 bits per heavy atom. The van der Waals surface area contributed by atoms with Crippen LogP contribution in [-0.2, 0) is 16.1 Å². The molecule has 3 rings (SSSR count). The lowest BCUT2D eigenvalue weighted by atomic mass is 9.96. The lowest BCUT2D eigenvalue weighted by Gasteiger charge is -2.31. The number of ether oxygens (including phenoxy) is 1. The van der Waals surface area contributed by atoms with Crippen molar-refractivity contribution in [2.24, 2.45) is 5.92 Å². The van der Waals surface area contributed by atoms with Crippen molar-refractivity contribution in [3.8, 4) is 5.75 Å². The molecule has 154 valence electrons. The molecule has 1 aliphatic heterocycles. The molecule has 1 aliphatic rings. The summed E-state index contributed by atoms with van der Waals surface area (Å²) >= 11 is 5.95. The number of aromatic nitrogens is 1. The Balaban J connectivity index is 1.42. The van der Waals surface area contributed by atoms with E-state index in [1.54, 1.807) is 24.4 Å². The number of piperidine rings is 1.